The van der Waals surface area contributed by atoms with E-state index in [0.29, 0.717) is 16.6 Å². The van der Waals surface area contributed by atoms with Gasteiger partial charge in [-0.05, 0) is 37.1 Å². The fraction of sp³-hybridized carbons (Fsp3) is 0.286. The summed E-state index contributed by atoms with van der Waals surface area (Å²) in [5, 5.41) is 13.9. The molecule has 0 saturated carbocycles. The lowest BCUT2D eigenvalue weighted by Gasteiger charge is -2.05. The second-order valence-electron chi connectivity index (χ2n) is 4.52. The number of hydrogen-bond donors (Lipinski definition) is 0. The van der Waals surface area contributed by atoms with Crippen LogP contribution in [0.15, 0.2) is 24.3 Å². The van der Waals surface area contributed by atoms with Crippen molar-refractivity contribution in [3.05, 3.63) is 46.2 Å². The summed E-state index contributed by atoms with van der Waals surface area (Å²) in [6.45, 7) is 6.15. The predicted molar refractivity (Wildman–Crippen MR) is 72.1 cm³/mol. The van der Waals surface area contributed by atoms with Crippen LogP contribution in [0, 0.1) is 18.3 Å². The molecule has 1 aromatic carbocycles. The average Bonchev–Trinajstić information content (AvgIpc) is 2.65. The first-order valence-corrected chi connectivity index (χ1v) is 6.18. The Bertz CT molecular complexity index is 603. The van der Waals surface area contributed by atoms with Crippen LogP contribution in [0.25, 0.3) is 5.69 Å². The summed E-state index contributed by atoms with van der Waals surface area (Å²) >= 11 is 6.37. The van der Waals surface area contributed by atoms with Crippen LogP contribution >= 0.6 is 11.6 Å². The Morgan fingerprint density at radius 2 is 1.89 bits per heavy atom. The van der Waals surface area contributed by atoms with Crippen LogP contribution in [0.5, 0.6) is 0 Å². The van der Waals surface area contributed by atoms with Crippen molar-refractivity contribution < 1.29 is 0 Å². The van der Waals surface area contributed by atoms with Gasteiger partial charge in [-0.15, -0.1) is 0 Å². The first-order valence-electron chi connectivity index (χ1n) is 5.80. The SMILES string of the molecule is Cc1nn(-c2ccc(C#N)cc2)c(Cl)c1C(C)C. The van der Waals surface area contributed by atoms with Crippen molar-refractivity contribution in [2.45, 2.75) is 26.7 Å². The molecule has 0 atom stereocenters. The zero-order valence-corrected chi connectivity index (χ0v) is 11.4. The Morgan fingerprint density at radius 3 is 2.33 bits per heavy atom. The predicted octanol–water partition coefficient (Wildman–Crippen LogP) is 3.83. The second-order valence-corrected chi connectivity index (χ2v) is 4.87. The molecule has 0 fully saturated rings. The largest absolute Gasteiger partial charge is 0.222 e. The maximum absolute atomic E-state index is 8.78. The van der Waals surface area contributed by atoms with E-state index in [4.69, 9.17) is 16.9 Å². The topological polar surface area (TPSA) is 41.6 Å². The van der Waals surface area contributed by atoms with Gasteiger partial charge < -0.3 is 0 Å². The molecule has 0 radical (unpaired) electrons. The van der Waals surface area contributed by atoms with Crippen LogP contribution in [-0.4, -0.2) is 9.78 Å². The van der Waals surface area contributed by atoms with E-state index < -0.39 is 0 Å². The summed E-state index contributed by atoms with van der Waals surface area (Å²) in [4.78, 5) is 0. The van der Waals surface area contributed by atoms with Gasteiger partial charge in [0.25, 0.3) is 0 Å². The van der Waals surface area contributed by atoms with Crippen molar-refractivity contribution in [3.63, 3.8) is 0 Å². The van der Waals surface area contributed by atoms with Gasteiger partial charge in [-0.25, -0.2) is 4.68 Å². The van der Waals surface area contributed by atoms with Gasteiger partial charge in [0.05, 0.1) is 23.0 Å². The molecule has 4 heteroatoms. The Kier molecular flexibility index (Phi) is 3.40. The number of benzene rings is 1. The molecule has 0 aliphatic rings. The summed E-state index contributed by atoms with van der Waals surface area (Å²) in [6, 6.07) is 9.31. The zero-order chi connectivity index (χ0) is 13.3. The molecule has 3 nitrogen and oxygen atoms in total. The van der Waals surface area contributed by atoms with Crippen molar-refractivity contribution in [3.8, 4) is 11.8 Å². The lowest BCUT2D eigenvalue weighted by Crippen LogP contribution is -1.97. The molecule has 92 valence electrons. The van der Waals surface area contributed by atoms with Gasteiger partial charge in [-0.2, -0.15) is 10.4 Å². The molecule has 0 aliphatic carbocycles. The summed E-state index contributed by atoms with van der Waals surface area (Å²) in [5.74, 6) is 0.338. The van der Waals surface area contributed by atoms with Gasteiger partial charge in [0, 0.05) is 5.56 Å². The molecule has 1 aromatic heterocycles. The molecule has 0 saturated heterocycles. The fourth-order valence-corrected chi connectivity index (χ4v) is 2.51. The zero-order valence-electron chi connectivity index (χ0n) is 10.6. The molecular weight excluding hydrogens is 246 g/mol. The highest BCUT2D eigenvalue weighted by atomic mass is 35.5. The fourth-order valence-electron chi connectivity index (χ4n) is 2.02. The molecular formula is C14H14ClN3. The normalized spacial score (nSPS) is 10.7. The first-order chi connectivity index (χ1) is 8.54. The van der Waals surface area contributed by atoms with Crippen LogP contribution in [0.3, 0.4) is 0 Å². The van der Waals surface area contributed by atoms with Crippen molar-refractivity contribution in [1.82, 2.24) is 9.78 Å². The molecule has 0 aliphatic heterocycles. The summed E-state index contributed by atoms with van der Waals surface area (Å²) < 4.78 is 1.72. The van der Waals surface area contributed by atoms with Gasteiger partial charge in [0.1, 0.15) is 5.15 Å². The van der Waals surface area contributed by atoms with E-state index in [1.54, 1.807) is 16.8 Å². The highest BCUT2D eigenvalue weighted by molar-refractivity contribution is 6.30. The van der Waals surface area contributed by atoms with Crippen LogP contribution < -0.4 is 0 Å². The van der Waals surface area contributed by atoms with Gasteiger partial charge in [0.15, 0.2) is 0 Å². The number of halogens is 1. The van der Waals surface area contributed by atoms with Crippen LogP contribution in [0.4, 0.5) is 0 Å². The minimum absolute atomic E-state index is 0.338. The quantitative estimate of drug-likeness (QED) is 0.822. The molecule has 0 unspecified atom stereocenters. The molecule has 2 rings (SSSR count). The lowest BCUT2D eigenvalue weighted by atomic mass is 10.1. The van der Waals surface area contributed by atoms with E-state index in [9.17, 15) is 0 Å². The maximum atomic E-state index is 8.78. The second kappa shape index (κ2) is 4.83. The maximum Gasteiger partial charge on any atom is 0.136 e. The standard InChI is InChI=1S/C14H14ClN3/c1-9(2)13-10(3)17-18(14(13)15)12-6-4-11(8-16)5-7-12/h4-7,9H,1-3H3. The minimum atomic E-state index is 0.338. The Labute approximate surface area is 112 Å². The summed E-state index contributed by atoms with van der Waals surface area (Å²) in [6.07, 6.45) is 0. The van der Waals surface area contributed by atoms with Gasteiger partial charge in [-0.1, -0.05) is 25.4 Å². The molecule has 0 bridgehead atoms. The van der Waals surface area contributed by atoms with E-state index in [1.807, 2.05) is 19.1 Å². The highest BCUT2D eigenvalue weighted by Gasteiger charge is 2.16. The molecule has 1 heterocycles. The van der Waals surface area contributed by atoms with Crippen LogP contribution in [0.2, 0.25) is 5.15 Å². The molecule has 0 spiro atoms. The van der Waals surface area contributed by atoms with E-state index in [-0.39, 0.29) is 0 Å². The number of aromatic nitrogens is 2. The number of rotatable bonds is 2. The third-order valence-electron chi connectivity index (χ3n) is 2.87. The van der Waals surface area contributed by atoms with E-state index in [1.165, 1.54) is 0 Å². The van der Waals surface area contributed by atoms with Gasteiger partial charge >= 0.3 is 0 Å². The first kappa shape index (κ1) is 12.7. The summed E-state index contributed by atoms with van der Waals surface area (Å²) in [7, 11) is 0. The van der Waals surface area contributed by atoms with Crippen molar-refractivity contribution in [2.24, 2.45) is 0 Å². The van der Waals surface area contributed by atoms with Crippen LogP contribution in [-0.2, 0) is 0 Å². The molecule has 0 amide bonds. The number of aryl methyl sites for hydroxylation is 1. The number of nitrogens with zero attached hydrogens (tertiary/aromatic N) is 3. The number of nitriles is 1. The highest BCUT2D eigenvalue weighted by Crippen LogP contribution is 2.29. The van der Waals surface area contributed by atoms with Gasteiger partial charge in [-0.3, -0.25) is 0 Å². The van der Waals surface area contributed by atoms with Gasteiger partial charge in [0.2, 0.25) is 0 Å². The average molecular weight is 260 g/mol. The van der Waals surface area contributed by atoms with Crippen molar-refractivity contribution in [2.75, 3.05) is 0 Å². The Balaban J connectivity index is 2.51. The lowest BCUT2D eigenvalue weighted by molar-refractivity contribution is 0.857. The smallest absolute Gasteiger partial charge is 0.136 e. The molecule has 2 aromatic rings. The number of hydrogen-bond acceptors (Lipinski definition) is 2. The van der Waals surface area contributed by atoms with Crippen molar-refractivity contribution in [1.29, 1.82) is 5.26 Å². The third-order valence-corrected chi connectivity index (χ3v) is 3.23. The minimum Gasteiger partial charge on any atom is -0.222 e. The molecule has 0 N–H and O–H groups in total. The third kappa shape index (κ3) is 2.12. The Hall–Kier alpha value is -1.79. The van der Waals surface area contributed by atoms with Crippen molar-refractivity contribution >= 4 is 11.6 Å². The monoisotopic (exact) mass is 259 g/mol. The molecule has 18 heavy (non-hydrogen) atoms. The van der Waals surface area contributed by atoms with Crippen LogP contribution in [0.1, 0.15) is 36.6 Å². The Morgan fingerprint density at radius 1 is 1.28 bits per heavy atom. The van der Waals surface area contributed by atoms with E-state index in [2.05, 4.69) is 25.0 Å². The van der Waals surface area contributed by atoms with E-state index >= 15 is 0 Å². The summed E-state index contributed by atoms with van der Waals surface area (Å²) in [5.41, 5.74) is 3.51. The van der Waals surface area contributed by atoms with E-state index in [0.717, 1.165) is 16.9 Å².